The van der Waals surface area contributed by atoms with Gasteiger partial charge < -0.3 is 19.9 Å². The van der Waals surface area contributed by atoms with Crippen LogP contribution in [0.4, 0.5) is 0 Å². The zero-order chi connectivity index (χ0) is 12.2. The summed E-state index contributed by atoms with van der Waals surface area (Å²) in [5, 5.41) is 21.0. The highest BCUT2D eigenvalue weighted by Gasteiger charge is 2.24. The fraction of sp³-hybridized carbons (Fsp3) is 0.667. The van der Waals surface area contributed by atoms with E-state index < -0.39 is 0 Å². The number of aliphatic hydroxyl groups is 2. The number of furan rings is 1. The van der Waals surface area contributed by atoms with Gasteiger partial charge in [0.05, 0.1) is 19.3 Å². The largest absolute Gasteiger partial charge is 0.466 e. The van der Waals surface area contributed by atoms with Crippen molar-refractivity contribution < 1.29 is 14.6 Å². The Balaban J connectivity index is 2.58. The molecule has 1 aromatic heterocycles. The van der Waals surface area contributed by atoms with Gasteiger partial charge in [0, 0.05) is 12.0 Å². The van der Waals surface area contributed by atoms with Gasteiger partial charge in [-0.3, -0.25) is 0 Å². The lowest BCUT2D eigenvalue weighted by molar-refractivity contribution is 0.164. The molecule has 0 spiro atoms. The molecule has 4 heteroatoms. The van der Waals surface area contributed by atoms with Gasteiger partial charge in [-0.15, -0.1) is 0 Å². The zero-order valence-corrected chi connectivity index (χ0v) is 10.2. The molecule has 1 aromatic rings. The summed E-state index contributed by atoms with van der Waals surface area (Å²) in [6, 6.07) is 3.63. The van der Waals surface area contributed by atoms with E-state index in [-0.39, 0.29) is 24.7 Å². The molecule has 16 heavy (non-hydrogen) atoms. The third-order valence-corrected chi connectivity index (χ3v) is 2.68. The Morgan fingerprint density at radius 1 is 1.31 bits per heavy atom. The fourth-order valence-electron chi connectivity index (χ4n) is 1.47. The highest BCUT2D eigenvalue weighted by molar-refractivity contribution is 5.15. The molecular formula is C12H21NO3. The summed E-state index contributed by atoms with van der Waals surface area (Å²) in [6.45, 7) is 6.55. The summed E-state index contributed by atoms with van der Waals surface area (Å²) in [5.41, 5.74) is -0.156. The third kappa shape index (κ3) is 3.33. The quantitative estimate of drug-likeness (QED) is 0.673. The SMILES string of the molecule is Cc1ccc(C(C)(C)CNC(CO)CO)o1. The standard InChI is InChI=1S/C12H21NO3/c1-9-4-5-11(16-9)12(2,3)8-13-10(6-14)7-15/h4-5,10,13-15H,6-8H2,1-3H3. The predicted molar refractivity (Wildman–Crippen MR) is 62.4 cm³/mol. The number of aryl methyl sites for hydroxylation is 1. The second kappa shape index (κ2) is 5.48. The highest BCUT2D eigenvalue weighted by Crippen LogP contribution is 2.24. The van der Waals surface area contributed by atoms with E-state index in [0.29, 0.717) is 6.54 Å². The van der Waals surface area contributed by atoms with Gasteiger partial charge in [-0.2, -0.15) is 0 Å². The lowest BCUT2D eigenvalue weighted by atomic mass is 9.90. The minimum Gasteiger partial charge on any atom is -0.466 e. The molecule has 0 amide bonds. The normalized spacial score (nSPS) is 12.4. The van der Waals surface area contributed by atoms with Crippen LogP contribution in [0.1, 0.15) is 25.4 Å². The van der Waals surface area contributed by atoms with E-state index in [9.17, 15) is 0 Å². The van der Waals surface area contributed by atoms with Crippen molar-refractivity contribution in [1.82, 2.24) is 5.32 Å². The van der Waals surface area contributed by atoms with Gasteiger partial charge in [0.2, 0.25) is 0 Å². The van der Waals surface area contributed by atoms with Gasteiger partial charge in [-0.1, -0.05) is 13.8 Å². The van der Waals surface area contributed by atoms with E-state index in [0.717, 1.165) is 11.5 Å². The van der Waals surface area contributed by atoms with Crippen LogP contribution in [0, 0.1) is 6.92 Å². The minimum absolute atomic E-state index is 0.0657. The van der Waals surface area contributed by atoms with Gasteiger partial charge >= 0.3 is 0 Å². The van der Waals surface area contributed by atoms with Crippen molar-refractivity contribution in [1.29, 1.82) is 0 Å². The molecule has 4 nitrogen and oxygen atoms in total. The summed E-state index contributed by atoms with van der Waals surface area (Å²) < 4.78 is 5.58. The molecule has 92 valence electrons. The summed E-state index contributed by atoms with van der Waals surface area (Å²) >= 11 is 0. The Hall–Kier alpha value is -0.840. The molecule has 3 N–H and O–H groups in total. The Morgan fingerprint density at radius 3 is 2.38 bits per heavy atom. The lowest BCUT2D eigenvalue weighted by Crippen LogP contribution is -2.42. The summed E-state index contributed by atoms with van der Waals surface area (Å²) in [5.74, 6) is 1.80. The van der Waals surface area contributed by atoms with E-state index in [1.165, 1.54) is 0 Å². The first kappa shape index (κ1) is 13.2. The van der Waals surface area contributed by atoms with E-state index in [1.807, 2.05) is 19.1 Å². The predicted octanol–water partition coefficient (Wildman–Crippen LogP) is 0.808. The van der Waals surface area contributed by atoms with Crippen LogP contribution in [0.15, 0.2) is 16.5 Å². The zero-order valence-electron chi connectivity index (χ0n) is 10.2. The second-order valence-corrected chi connectivity index (χ2v) is 4.74. The molecule has 0 unspecified atom stereocenters. The highest BCUT2D eigenvalue weighted by atomic mass is 16.3. The Morgan fingerprint density at radius 2 is 1.94 bits per heavy atom. The van der Waals surface area contributed by atoms with Crippen LogP contribution in [-0.4, -0.2) is 36.0 Å². The van der Waals surface area contributed by atoms with Crippen LogP contribution in [-0.2, 0) is 5.41 Å². The molecule has 0 atom stereocenters. The number of nitrogens with one attached hydrogen (secondary N) is 1. The van der Waals surface area contributed by atoms with Crippen LogP contribution in [0.5, 0.6) is 0 Å². The van der Waals surface area contributed by atoms with E-state index in [1.54, 1.807) is 0 Å². The van der Waals surface area contributed by atoms with Gasteiger partial charge in [-0.05, 0) is 19.1 Å². The van der Waals surface area contributed by atoms with Crippen molar-refractivity contribution in [2.75, 3.05) is 19.8 Å². The number of hydrogen-bond donors (Lipinski definition) is 3. The first-order valence-electron chi connectivity index (χ1n) is 5.51. The molecule has 0 aliphatic carbocycles. The first-order valence-corrected chi connectivity index (χ1v) is 5.51. The molecule has 0 bridgehead atoms. The molecule has 0 radical (unpaired) electrons. The molecule has 0 aliphatic rings. The minimum atomic E-state index is -0.268. The smallest absolute Gasteiger partial charge is 0.111 e. The van der Waals surface area contributed by atoms with Crippen LogP contribution < -0.4 is 5.32 Å². The molecular weight excluding hydrogens is 206 g/mol. The average molecular weight is 227 g/mol. The molecule has 0 fully saturated rings. The third-order valence-electron chi connectivity index (χ3n) is 2.68. The topological polar surface area (TPSA) is 65.6 Å². The number of aliphatic hydroxyl groups excluding tert-OH is 2. The number of rotatable bonds is 6. The van der Waals surface area contributed by atoms with Gasteiger partial charge in [0.15, 0.2) is 0 Å². The fourth-order valence-corrected chi connectivity index (χ4v) is 1.47. The molecule has 1 heterocycles. The Bertz CT molecular complexity index is 316. The maximum absolute atomic E-state index is 8.95. The lowest BCUT2D eigenvalue weighted by Gasteiger charge is -2.25. The van der Waals surface area contributed by atoms with Crippen molar-refractivity contribution in [2.45, 2.75) is 32.2 Å². The summed E-state index contributed by atoms with van der Waals surface area (Å²) in [4.78, 5) is 0. The second-order valence-electron chi connectivity index (χ2n) is 4.74. The van der Waals surface area contributed by atoms with Gasteiger partial charge in [0.1, 0.15) is 11.5 Å². The van der Waals surface area contributed by atoms with Crippen LogP contribution in [0.25, 0.3) is 0 Å². The Labute approximate surface area is 96.3 Å². The molecule has 0 saturated heterocycles. The van der Waals surface area contributed by atoms with E-state index >= 15 is 0 Å². The van der Waals surface area contributed by atoms with Crippen molar-refractivity contribution in [3.05, 3.63) is 23.7 Å². The molecule has 0 saturated carbocycles. The monoisotopic (exact) mass is 227 g/mol. The van der Waals surface area contributed by atoms with Crippen LogP contribution >= 0.6 is 0 Å². The van der Waals surface area contributed by atoms with Gasteiger partial charge in [-0.25, -0.2) is 0 Å². The summed E-state index contributed by atoms with van der Waals surface area (Å²) in [7, 11) is 0. The van der Waals surface area contributed by atoms with Crippen molar-refractivity contribution >= 4 is 0 Å². The van der Waals surface area contributed by atoms with Gasteiger partial charge in [0.25, 0.3) is 0 Å². The first-order chi connectivity index (χ1) is 7.49. The molecule has 0 aliphatic heterocycles. The molecule has 0 aromatic carbocycles. The Kier molecular flexibility index (Phi) is 4.53. The summed E-state index contributed by atoms with van der Waals surface area (Å²) in [6.07, 6.45) is 0. The van der Waals surface area contributed by atoms with E-state index in [2.05, 4.69) is 19.2 Å². The van der Waals surface area contributed by atoms with Crippen molar-refractivity contribution in [3.8, 4) is 0 Å². The van der Waals surface area contributed by atoms with Crippen molar-refractivity contribution in [3.63, 3.8) is 0 Å². The molecule has 1 rings (SSSR count). The van der Waals surface area contributed by atoms with Crippen molar-refractivity contribution in [2.24, 2.45) is 0 Å². The maximum Gasteiger partial charge on any atom is 0.111 e. The maximum atomic E-state index is 8.95. The van der Waals surface area contributed by atoms with Crippen LogP contribution in [0.2, 0.25) is 0 Å². The van der Waals surface area contributed by atoms with Crippen LogP contribution in [0.3, 0.4) is 0 Å². The average Bonchev–Trinajstić information content (AvgIpc) is 2.67. The van der Waals surface area contributed by atoms with E-state index in [4.69, 9.17) is 14.6 Å². The number of hydrogen-bond acceptors (Lipinski definition) is 4.